The maximum Gasteiger partial charge on any atom is 0.254 e. The van der Waals surface area contributed by atoms with E-state index in [0.29, 0.717) is 12.8 Å². The van der Waals surface area contributed by atoms with E-state index < -0.39 is 15.9 Å². The lowest BCUT2D eigenvalue weighted by Gasteiger charge is -2.34. The fraction of sp³-hybridized carbons (Fsp3) is 0.417. The third-order valence-corrected chi connectivity index (χ3v) is 5.13. The molecule has 0 saturated heterocycles. The number of nitrogens with one attached hydrogen (secondary N) is 1. The van der Waals surface area contributed by atoms with Gasteiger partial charge in [0.05, 0.1) is 21.7 Å². The van der Waals surface area contributed by atoms with Gasteiger partial charge < -0.3 is 10.1 Å². The van der Waals surface area contributed by atoms with Crippen molar-refractivity contribution in [3.63, 3.8) is 0 Å². The zero-order valence-electron chi connectivity index (χ0n) is 11.1. The number of nitrogens with two attached hydrogens (primary N) is 1. The van der Waals surface area contributed by atoms with Gasteiger partial charge in [0.15, 0.2) is 0 Å². The second-order valence-corrected chi connectivity index (χ2v) is 7.09. The first-order valence-electron chi connectivity index (χ1n) is 6.08. The molecular formula is C12H14Cl2N2O4S. The van der Waals surface area contributed by atoms with E-state index in [0.717, 1.165) is 0 Å². The number of methoxy groups -OCH3 is 1. The van der Waals surface area contributed by atoms with Crippen LogP contribution in [0.25, 0.3) is 0 Å². The maximum atomic E-state index is 12.2. The van der Waals surface area contributed by atoms with E-state index >= 15 is 0 Å². The van der Waals surface area contributed by atoms with Crippen molar-refractivity contribution < 1.29 is 17.9 Å². The lowest BCUT2D eigenvalue weighted by Crippen LogP contribution is -2.47. The molecule has 21 heavy (non-hydrogen) atoms. The van der Waals surface area contributed by atoms with Crippen LogP contribution in [0.1, 0.15) is 23.2 Å². The first-order chi connectivity index (χ1) is 9.74. The van der Waals surface area contributed by atoms with Crippen LogP contribution in [0.4, 0.5) is 0 Å². The minimum absolute atomic E-state index is 0.0484. The molecule has 0 radical (unpaired) electrons. The van der Waals surface area contributed by atoms with Crippen molar-refractivity contribution in [2.24, 2.45) is 5.14 Å². The second-order valence-electron chi connectivity index (χ2n) is 4.78. The molecule has 1 aliphatic rings. The van der Waals surface area contributed by atoms with E-state index in [1.54, 1.807) is 7.11 Å². The molecule has 0 unspecified atom stereocenters. The van der Waals surface area contributed by atoms with Gasteiger partial charge in [0, 0.05) is 13.2 Å². The van der Waals surface area contributed by atoms with Crippen molar-refractivity contribution in [1.82, 2.24) is 5.32 Å². The van der Waals surface area contributed by atoms with Gasteiger partial charge in [-0.25, -0.2) is 13.6 Å². The van der Waals surface area contributed by atoms with Gasteiger partial charge in [0.1, 0.15) is 4.90 Å². The quantitative estimate of drug-likeness (QED) is 0.858. The summed E-state index contributed by atoms with van der Waals surface area (Å²) in [5.74, 6) is -0.532. The Morgan fingerprint density at radius 2 is 2.00 bits per heavy atom. The largest absolute Gasteiger partial charge is 0.381 e. The molecule has 1 saturated carbocycles. The number of hydrogen-bond acceptors (Lipinski definition) is 4. The van der Waals surface area contributed by atoms with Crippen LogP contribution >= 0.6 is 23.2 Å². The van der Waals surface area contributed by atoms with E-state index in [4.69, 9.17) is 33.1 Å². The highest BCUT2D eigenvalue weighted by atomic mass is 35.5. The smallest absolute Gasteiger partial charge is 0.254 e. The van der Waals surface area contributed by atoms with Gasteiger partial charge in [-0.3, -0.25) is 4.79 Å². The lowest BCUT2D eigenvalue weighted by atomic mass is 9.89. The summed E-state index contributed by atoms with van der Waals surface area (Å²) in [7, 11) is -2.43. The minimum Gasteiger partial charge on any atom is -0.381 e. The molecule has 1 amide bonds. The van der Waals surface area contributed by atoms with Gasteiger partial charge in [0.2, 0.25) is 10.0 Å². The maximum absolute atomic E-state index is 12.2. The van der Waals surface area contributed by atoms with Gasteiger partial charge in [-0.15, -0.1) is 0 Å². The average Bonchev–Trinajstić information content (AvgIpc) is 2.31. The highest BCUT2D eigenvalue weighted by Crippen LogP contribution is 2.31. The summed E-state index contributed by atoms with van der Waals surface area (Å²) in [6, 6.07) is 2.40. The molecule has 0 aliphatic heterocycles. The van der Waals surface area contributed by atoms with Crippen molar-refractivity contribution in [2.45, 2.75) is 29.9 Å². The summed E-state index contributed by atoms with van der Waals surface area (Å²) in [4.78, 5) is 11.9. The number of halogens is 2. The number of ether oxygens (including phenoxy) is 1. The third-order valence-electron chi connectivity index (χ3n) is 3.35. The van der Waals surface area contributed by atoms with Crippen molar-refractivity contribution in [1.29, 1.82) is 0 Å². The molecule has 9 heteroatoms. The molecule has 1 aromatic rings. The highest BCUT2D eigenvalue weighted by Gasteiger charge is 2.32. The first kappa shape index (κ1) is 16.5. The standard InChI is InChI=1S/C12H14Cl2N2O4S/c1-20-7-4-6(5-7)16-12(17)10-8(13)2-3-9(11(10)14)21(15,18)19/h2-3,6-7H,4-5H2,1H3,(H,16,17)(H2,15,18,19). The van der Waals surface area contributed by atoms with Gasteiger partial charge >= 0.3 is 0 Å². The molecule has 3 N–H and O–H groups in total. The van der Waals surface area contributed by atoms with Crippen LogP contribution in [0.2, 0.25) is 10.0 Å². The van der Waals surface area contributed by atoms with E-state index in [2.05, 4.69) is 5.32 Å². The van der Waals surface area contributed by atoms with E-state index in [1.807, 2.05) is 0 Å². The molecule has 1 fully saturated rings. The predicted octanol–water partition coefficient (Wildman–Crippen LogP) is 1.55. The first-order valence-corrected chi connectivity index (χ1v) is 8.38. The third kappa shape index (κ3) is 3.49. The monoisotopic (exact) mass is 352 g/mol. The van der Waals surface area contributed by atoms with Gasteiger partial charge in [-0.05, 0) is 25.0 Å². The Morgan fingerprint density at radius 3 is 2.52 bits per heavy atom. The van der Waals surface area contributed by atoms with Crippen LogP contribution in [0.15, 0.2) is 17.0 Å². The SMILES string of the molecule is COC1CC(NC(=O)c2c(Cl)ccc(S(N)(=O)=O)c2Cl)C1. The normalized spacial score (nSPS) is 21.7. The van der Waals surface area contributed by atoms with Crippen LogP contribution in [0, 0.1) is 0 Å². The molecule has 0 spiro atoms. The number of hydrogen-bond donors (Lipinski definition) is 2. The topological polar surface area (TPSA) is 98.5 Å². The van der Waals surface area contributed by atoms with Crippen LogP contribution < -0.4 is 10.5 Å². The number of carbonyl (C=O) groups excluding carboxylic acids is 1. The Balaban J connectivity index is 2.25. The number of primary sulfonamides is 1. The zero-order chi connectivity index (χ0) is 15.8. The minimum atomic E-state index is -4.03. The molecule has 116 valence electrons. The van der Waals surface area contributed by atoms with E-state index in [-0.39, 0.29) is 32.7 Å². The van der Waals surface area contributed by atoms with Crippen molar-refractivity contribution >= 4 is 39.1 Å². The van der Waals surface area contributed by atoms with Crippen LogP contribution in [-0.2, 0) is 14.8 Å². The van der Waals surface area contributed by atoms with Crippen LogP contribution in [0.5, 0.6) is 0 Å². The Morgan fingerprint density at radius 1 is 1.38 bits per heavy atom. The predicted molar refractivity (Wildman–Crippen MR) is 79.1 cm³/mol. The number of rotatable bonds is 4. The Kier molecular flexibility index (Phi) is 4.79. The van der Waals surface area contributed by atoms with Gasteiger partial charge in [0.25, 0.3) is 5.91 Å². The molecule has 0 atom stereocenters. The molecule has 0 aromatic heterocycles. The van der Waals surface area contributed by atoms with Gasteiger partial charge in [-0.2, -0.15) is 0 Å². The van der Waals surface area contributed by atoms with E-state index in [1.165, 1.54) is 12.1 Å². The van der Waals surface area contributed by atoms with Crippen LogP contribution in [-0.4, -0.2) is 33.6 Å². The number of sulfonamides is 1. The van der Waals surface area contributed by atoms with Crippen LogP contribution in [0.3, 0.4) is 0 Å². The summed E-state index contributed by atoms with van der Waals surface area (Å²) in [5.41, 5.74) is -0.0919. The fourth-order valence-electron chi connectivity index (χ4n) is 2.09. The Bertz CT molecular complexity index is 672. The lowest BCUT2D eigenvalue weighted by molar-refractivity contribution is 0.0176. The van der Waals surface area contributed by atoms with Crippen molar-refractivity contribution in [3.05, 3.63) is 27.7 Å². The number of amides is 1. The summed E-state index contributed by atoms with van der Waals surface area (Å²) < 4.78 is 27.9. The summed E-state index contributed by atoms with van der Waals surface area (Å²) in [5, 5.41) is 7.57. The summed E-state index contributed by atoms with van der Waals surface area (Å²) in [6.45, 7) is 0. The Labute approximate surface area is 132 Å². The van der Waals surface area contributed by atoms with E-state index in [9.17, 15) is 13.2 Å². The second kappa shape index (κ2) is 6.10. The van der Waals surface area contributed by atoms with Gasteiger partial charge in [-0.1, -0.05) is 23.2 Å². The molecule has 1 aromatic carbocycles. The Hall–Kier alpha value is -0.860. The molecule has 2 rings (SSSR count). The average molecular weight is 353 g/mol. The number of carbonyl (C=O) groups is 1. The molecular weight excluding hydrogens is 339 g/mol. The molecule has 0 heterocycles. The summed E-state index contributed by atoms with van der Waals surface area (Å²) >= 11 is 11.9. The molecule has 1 aliphatic carbocycles. The summed E-state index contributed by atoms with van der Waals surface area (Å²) in [6.07, 6.45) is 1.50. The highest BCUT2D eigenvalue weighted by molar-refractivity contribution is 7.89. The van der Waals surface area contributed by atoms with Crippen molar-refractivity contribution in [2.75, 3.05) is 7.11 Å². The number of benzene rings is 1. The molecule has 0 bridgehead atoms. The zero-order valence-corrected chi connectivity index (χ0v) is 13.4. The van der Waals surface area contributed by atoms with Crippen molar-refractivity contribution in [3.8, 4) is 0 Å². The molecule has 6 nitrogen and oxygen atoms in total. The fourth-order valence-corrected chi connectivity index (χ4v) is 3.57.